The van der Waals surface area contributed by atoms with Crippen molar-refractivity contribution in [3.05, 3.63) is 58.0 Å². The van der Waals surface area contributed by atoms with Gasteiger partial charge in [-0.1, -0.05) is 29.1 Å². The highest BCUT2D eigenvalue weighted by Crippen LogP contribution is 2.41. The number of aromatic nitrogens is 5. The van der Waals surface area contributed by atoms with E-state index in [9.17, 15) is 23.9 Å². The summed E-state index contributed by atoms with van der Waals surface area (Å²) in [6.07, 6.45) is 0. The van der Waals surface area contributed by atoms with Crippen LogP contribution in [0.2, 0.25) is 0 Å². The molecule has 202 valence electrons. The quantitative estimate of drug-likeness (QED) is 0.112. The number of amides is 2. The predicted octanol–water partition coefficient (Wildman–Crippen LogP) is 0.829. The summed E-state index contributed by atoms with van der Waals surface area (Å²) in [7, 11) is 0. The zero-order valence-electron chi connectivity index (χ0n) is 19.6. The Morgan fingerprint density at radius 2 is 2.15 bits per heavy atom. The van der Waals surface area contributed by atoms with E-state index in [1.165, 1.54) is 53.2 Å². The number of oxime groups is 1. The number of nitrogens with two attached hydrogens (primary N) is 1. The molecule has 4 heterocycles. The van der Waals surface area contributed by atoms with Crippen molar-refractivity contribution >= 4 is 63.5 Å². The predicted molar refractivity (Wildman–Crippen MR) is 139 cm³/mol. The lowest BCUT2D eigenvalue weighted by molar-refractivity contribution is -0.150. The number of aliphatic carboxylic acids is 1. The number of nitrogens with one attached hydrogen (secondary N) is 2. The molecule has 1 aromatic carbocycles. The molecule has 2 aliphatic rings. The summed E-state index contributed by atoms with van der Waals surface area (Å²) in [4.78, 5) is 48.8. The maximum atomic E-state index is 13.2. The molecule has 5 N–H and O–H groups in total. The highest BCUT2D eigenvalue weighted by molar-refractivity contribution is 8.01. The molecule has 2 aliphatic heterocycles. The Bertz CT molecular complexity index is 1460. The summed E-state index contributed by atoms with van der Waals surface area (Å²) in [6.45, 7) is -0.0529. The lowest BCUT2D eigenvalue weighted by Crippen LogP contribution is -2.71. The fraction of sp³-hybridized carbons (Fsp3) is 0.238. The van der Waals surface area contributed by atoms with E-state index in [1.807, 2.05) is 0 Å². The van der Waals surface area contributed by atoms with Crippen LogP contribution in [0, 0.1) is 5.82 Å². The molecule has 18 heteroatoms. The van der Waals surface area contributed by atoms with Gasteiger partial charge in [-0.05, 0) is 28.5 Å². The fourth-order valence-electron chi connectivity index (χ4n) is 3.72. The summed E-state index contributed by atoms with van der Waals surface area (Å²) in [5.41, 5.74) is 6.64. The molecule has 2 atom stereocenters. The number of anilines is 1. The highest BCUT2D eigenvalue weighted by atomic mass is 32.2. The van der Waals surface area contributed by atoms with Crippen molar-refractivity contribution in [2.24, 2.45) is 5.16 Å². The number of carboxylic acid groups (broad SMARTS) is 1. The van der Waals surface area contributed by atoms with Crippen LogP contribution in [0.15, 0.2) is 51.2 Å². The van der Waals surface area contributed by atoms with Gasteiger partial charge in [-0.2, -0.15) is 5.21 Å². The van der Waals surface area contributed by atoms with Gasteiger partial charge in [0.15, 0.2) is 10.8 Å². The molecular weight excluding hydrogens is 573 g/mol. The van der Waals surface area contributed by atoms with Gasteiger partial charge in [0.25, 0.3) is 11.8 Å². The van der Waals surface area contributed by atoms with Crippen molar-refractivity contribution in [3.63, 3.8) is 0 Å². The van der Waals surface area contributed by atoms with Crippen LogP contribution in [0.25, 0.3) is 0 Å². The van der Waals surface area contributed by atoms with Gasteiger partial charge in [-0.25, -0.2) is 14.2 Å². The number of nitrogen functional groups attached to an aromatic ring is 1. The number of hydrogen-bond donors (Lipinski definition) is 4. The highest BCUT2D eigenvalue weighted by Gasteiger charge is 2.54. The summed E-state index contributed by atoms with van der Waals surface area (Å²) in [6, 6.07) is 4.55. The lowest BCUT2D eigenvalue weighted by Gasteiger charge is -2.49. The number of tetrazole rings is 1. The molecule has 3 aromatic rings. The van der Waals surface area contributed by atoms with Crippen LogP contribution in [0.4, 0.5) is 9.52 Å². The van der Waals surface area contributed by atoms with Crippen LogP contribution in [-0.4, -0.2) is 82.0 Å². The molecule has 5 rings (SSSR count). The Morgan fingerprint density at radius 1 is 1.36 bits per heavy atom. The number of carbonyl (C=O) groups is 3. The van der Waals surface area contributed by atoms with Crippen molar-refractivity contribution in [1.82, 2.24) is 35.8 Å². The molecule has 0 spiro atoms. The number of thioether (sulfide) groups is 2. The van der Waals surface area contributed by atoms with Crippen LogP contribution in [-0.2, 0) is 25.8 Å². The number of hydrogen-bond acceptors (Lipinski definition) is 13. The van der Waals surface area contributed by atoms with Gasteiger partial charge in [-0.3, -0.25) is 14.5 Å². The Kier molecular flexibility index (Phi) is 7.75. The SMILES string of the molecule is Nc1nc(C(=NOCc2ccc(F)cc2)C(=O)NC2C(=O)N3C(C(=O)O)=C(CSc4nn[nH]n4)CS[C@H]23)cs1. The maximum absolute atomic E-state index is 13.2. The van der Waals surface area contributed by atoms with E-state index in [-0.39, 0.29) is 34.6 Å². The van der Waals surface area contributed by atoms with Gasteiger partial charge < -0.3 is 21.0 Å². The number of benzene rings is 1. The largest absolute Gasteiger partial charge is 0.477 e. The second-order valence-corrected chi connectivity index (χ2v) is 10.9. The number of halogens is 1. The first-order valence-corrected chi connectivity index (χ1v) is 14.0. The Labute approximate surface area is 231 Å². The number of aromatic amines is 1. The van der Waals surface area contributed by atoms with Gasteiger partial charge in [0, 0.05) is 16.9 Å². The first-order chi connectivity index (χ1) is 18.8. The van der Waals surface area contributed by atoms with Crippen molar-refractivity contribution in [1.29, 1.82) is 0 Å². The topological polar surface area (TPSA) is 202 Å². The van der Waals surface area contributed by atoms with Crippen LogP contribution < -0.4 is 11.1 Å². The third-order valence-corrected chi connectivity index (χ3v) is 8.46. The third-order valence-electron chi connectivity index (χ3n) is 5.52. The zero-order valence-corrected chi connectivity index (χ0v) is 22.1. The van der Waals surface area contributed by atoms with E-state index in [1.54, 1.807) is 0 Å². The minimum atomic E-state index is -1.25. The molecule has 2 amide bonds. The average Bonchev–Trinajstić information content (AvgIpc) is 3.60. The molecule has 2 aromatic heterocycles. The number of carbonyl (C=O) groups excluding carboxylic acids is 2. The first kappa shape index (κ1) is 26.6. The Morgan fingerprint density at radius 3 is 2.82 bits per heavy atom. The zero-order chi connectivity index (χ0) is 27.5. The molecule has 1 unspecified atom stereocenters. The Hall–Kier alpha value is -4.03. The smallest absolute Gasteiger partial charge is 0.352 e. The fourth-order valence-corrected chi connectivity index (χ4v) is 6.49. The average molecular weight is 592 g/mol. The Balaban J connectivity index is 1.29. The van der Waals surface area contributed by atoms with Gasteiger partial charge in [0.05, 0.1) is 0 Å². The molecule has 14 nitrogen and oxygen atoms in total. The normalized spacial score (nSPS) is 18.9. The number of rotatable bonds is 10. The van der Waals surface area contributed by atoms with Crippen LogP contribution in [0.5, 0.6) is 0 Å². The first-order valence-electron chi connectivity index (χ1n) is 11.0. The van der Waals surface area contributed by atoms with Crippen molar-refractivity contribution < 1.29 is 28.7 Å². The minimum Gasteiger partial charge on any atom is -0.477 e. The molecule has 0 radical (unpaired) electrons. The summed E-state index contributed by atoms with van der Waals surface area (Å²) >= 11 is 3.59. The van der Waals surface area contributed by atoms with E-state index in [0.717, 1.165) is 16.2 Å². The molecule has 1 saturated heterocycles. The number of thiazole rings is 1. The van der Waals surface area contributed by atoms with Gasteiger partial charge in [-0.15, -0.1) is 33.3 Å². The molecule has 0 bridgehead atoms. The van der Waals surface area contributed by atoms with E-state index in [0.29, 0.717) is 22.0 Å². The van der Waals surface area contributed by atoms with Crippen molar-refractivity contribution in [2.45, 2.75) is 23.2 Å². The van der Waals surface area contributed by atoms with Gasteiger partial charge in [0.2, 0.25) is 5.16 Å². The summed E-state index contributed by atoms with van der Waals surface area (Å²) < 4.78 is 13.1. The van der Waals surface area contributed by atoms with Crippen LogP contribution in [0.1, 0.15) is 11.3 Å². The van der Waals surface area contributed by atoms with Crippen molar-refractivity contribution in [2.75, 3.05) is 17.2 Å². The number of carboxylic acids is 1. The molecule has 1 fully saturated rings. The summed E-state index contributed by atoms with van der Waals surface area (Å²) in [5, 5.41) is 31.2. The number of H-pyrrole nitrogens is 1. The molecule has 0 aliphatic carbocycles. The number of nitrogens with zero attached hydrogens (tertiary/aromatic N) is 6. The third kappa shape index (κ3) is 5.71. The second kappa shape index (κ2) is 11.4. The van der Waals surface area contributed by atoms with Crippen LogP contribution >= 0.6 is 34.9 Å². The van der Waals surface area contributed by atoms with Gasteiger partial charge >= 0.3 is 5.97 Å². The molecule has 0 saturated carbocycles. The van der Waals surface area contributed by atoms with E-state index < -0.39 is 35.0 Å². The molecular formula is C21H18FN9O5S3. The minimum absolute atomic E-state index is 0.0529. The summed E-state index contributed by atoms with van der Waals surface area (Å²) in [5.74, 6) is -2.43. The maximum Gasteiger partial charge on any atom is 0.352 e. The monoisotopic (exact) mass is 591 g/mol. The number of fused-ring (bicyclic) bond motifs is 1. The van der Waals surface area contributed by atoms with E-state index >= 15 is 0 Å². The molecule has 39 heavy (non-hydrogen) atoms. The second-order valence-electron chi connectivity index (χ2n) is 8.01. The van der Waals surface area contributed by atoms with Gasteiger partial charge in [0.1, 0.15) is 35.2 Å². The standard InChI is InChI=1S/C21H18FN9O5S3/c22-11-3-1-9(2-4-11)5-36-28-13(12-8-38-20(23)24-12)16(32)25-14-17(33)31-15(19(34)35)10(6-37-18(14)31)7-39-21-26-29-30-27-21/h1-4,8,14,18H,5-7H2,(H2,23,24)(H,25,32)(H,34,35)(H,26,27,29,30)/t14?,18-/m1/s1. The lowest BCUT2D eigenvalue weighted by atomic mass is 10.0. The van der Waals surface area contributed by atoms with Crippen molar-refractivity contribution in [3.8, 4) is 0 Å². The number of β-lactam (4-membered cyclic amide) rings is 1. The van der Waals surface area contributed by atoms with E-state index in [2.05, 4.69) is 36.1 Å². The van der Waals surface area contributed by atoms with Crippen LogP contribution in [0.3, 0.4) is 0 Å². The van der Waals surface area contributed by atoms with E-state index in [4.69, 9.17) is 10.6 Å².